The summed E-state index contributed by atoms with van der Waals surface area (Å²) in [6.07, 6.45) is 1.55. The Hall–Kier alpha value is -2.66. The van der Waals surface area contributed by atoms with Gasteiger partial charge in [0.1, 0.15) is 0 Å². The van der Waals surface area contributed by atoms with Gasteiger partial charge in [0, 0.05) is 17.3 Å². The lowest BCUT2D eigenvalue weighted by atomic mass is 9.96. The highest BCUT2D eigenvalue weighted by Gasteiger charge is 2.25. The van der Waals surface area contributed by atoms with Crippen molar-refractivity contribution >= 4 is 23.2 Å². The summed E-state index contributed by atoms with van der Waals surface area (Å²) in [4.78, 5) is 26.7. The van der Waals surface area contributed by atoms with Crippen LogP contribution in [-0.2, 0) is 9.59 Å². The van der Waals surface area contributed by atoms with Crippen molar-refractivity contribution in [1.82, 2.24) is 4.90 Å². The molecule has 2 aromatic carbocycles. The summed E-state index contributed by atoms with van der Waals surface area (Å²) in [5.74, 6) is 0.0626. The predicted octanol–water partition coefficient (Wildman–Crippen LogP) is 3.28. The van der Waals surface area contributed by atoms with E-state index < -0.39 is 0 Å². The number of amides is 2. The first kappa shape index (κ1) is 18.1. The Balaban J connectivity index is 1.42. The van der Waals surface area contributed by atoms with Crippen molar-refractivity contribution in [3.63, 3.8) is 0 Å². The van der Waals surface area contributed by atoms with Gasteiger partial charge >= 0.3 is 0 Å². The molecule has 1 heterocycles. The zero-order chi connectivity index (χ0) is 18.4. The van der Waals surface area contributed by atoms with Crippen LogP contribution in [0.15, 0.2) is 54.6 Å². The van der Waals surface area contributed by atoms with Gasteiger partial charge in [0.05, 0.1) is 6.54 Å². The Morgan fingerprint density at radius 1 is 0.923 bits per heavy atom. The average Bonchev–Trinajstić information content (AvgIpc) is 2.65. The maximum Gasteiger partial charge on any atom is 0.238 e. The third-order valence-corrected chi connectivity index (χ3v) is 4.70. The number of hydrogen-bond donors (Lipinski definition) is 2. The van der Waals surface area contributed by atoms with Gasteiger partial charge in [-0.15, -0.1) is 0 Å². The topological polar surface area (TPSA) is 61.4 Å². The molecular formula is C21H25N3O2. The number of likely N-dealkylation sites (tertiary alicyclic amines) is 1. The summed E-state index contributed by atoms with van der Waals surface area (Å²) in [5.41, 5.74) is 2.81. The van der Waals surface area contributed by atoms with Gasteiger partial charge in [-0.25, -0.2) is 0 Å². The summed E-state index contributed by atoms with van der Waals surface area (Å²) in [7, 11) is 0. The van der Waals surface area contributed by atoms with Gasteiger partial charge in [0.25, 0.3) is 0 Å². The van der Waals surface area contributed by atoms with Gasteiger partial charge in [-0.2, -0.15) is 0 Å². The fourth-order valence-corrected chi connectivity index (χ4v) is 3.16. The van der Waals surface area contributed by atoms with Crippen molar-refractivity contribution in [3.8, 4) is 0 Å². The minimum Gasteiger partial charge on any atom is -0.326 e. The zero-order valence-corrected chi connectivity index (χ0v) is 15.1. The quantitative estimate of drug-likeness (QED) is 0.869. The number of rotatable bonds is 5. The second-order valence-electron chi connectivity index (χ2n) is 6.82. The fraction of sp³-hybridized carbons (Fsp3) is 0.333. The first-order valence-electron chi connectivity index (χ1n) is 9.05. The molecule has 3 rings (SSSR count). The number of carbonyl (C=O) groups excluding carboxylic acids is 2. The molecule has 0 radical (unpaired) electrons. The van der Waals surface area contributed by atoms with Gasteiger partial charge in [0.2, 0.25) is 11.8 Å². The molecule has 0 saturated carbocycles. The molecule has 2 amide bonds. The highest BCUT2D eigenvalue weighted by atomic mass is 16.2. The molecule has 0 aliphatic carbocycles. The minimum atomic E-state index is -0.0129. The first-order chi connectivity index (χ1) is 12.6. The van der Waals surface area contributed by atoms with Crippen LogP contribution in [0.1, 0.15) is 18.4 Å². The Morgan fingerprint density at radius 3 is 2.19 bits per heavy atom. The van der Waals surface area contributed by atoms with E-state index in [-0.39, 0.29) is 17.7 Å². The van der Waals surface area contributed by atoms with E-state index >= 15 is 0 Å². The van der Waals surface area contributed by atoms with Gasteiger partial charge in [0.15, 0.2) is 0 Å². The van der Waals surface area contributed by atoms with Crippen LogP contribution < -0.4 is 10.6 Å². The third-order valence-electron chi connectivity index (χ3n) is 4.70. The first-order valence-corrected chi connectivity index (χ1v) is 9.05. The van der Waals surface area contributed by atoms with E-state index in [0.29, 0.717) is 6.54 Å². The SMILES string of the molecule is Cc1ccc(NC(=O)CN2CCC(C(=O)Nc3ccccc3)CC2)cc1. The van der Waals surface area contributed by atoms with E-state index in [1.165, 1.54) is 5.56 Å². The molecule has 0 unspecified atom stereocenters. The summed E-state index contributed by atoms with van der Waals surface area (Å²) < 4.78 is 0. The minimum absolute atomic E-state index is 0.00613. The Morgan fingerprint density at radius 2 is 1.54 bits per heavy atom. The highest BCUT2D eigenvalue weighted by Crippen LogP contribution is 2.19. The number of nitrogens with one attached hydrogen (secondary N) is 2. The molecule has 2 aromatic rings. The highest BCUT2D eigenvalue weighted by molar-refractivity contribution is 5.93. The second kappa shape index (κ2) is 8.63. The second-order valence-corrected chi connectivity index (χ2v) is 6.82. The molecule has 1 fully saturated rings. The number of anilines is 2. The lowest BCUT2D eigenvalue weighted by Gasteiger charge is -2.30. The average molecular weight is 351 g/mol. The van der Waals surface area contributed by atoms with Gasteiger partial charge in [-0.3, -0.25) is 14.5 Å². The molecule has 0 bridgehead atoms. The molecule has 26 heavy (non-hydrogen) atoms. The van der Waals surface area contributed by atoms with E-state index in [1.807, 2.05) is 61.5 Å². The van der Waals surface area contributed by atoms with Crippen LogP contribution in [0.2, 0.25) is 0 Å². The Kier molecular flexibility index (Phi) is 6.02. The van der Waals surface area contributed by atoms with Crippen LogP contribution >= 0.6 is 0 Å². The molecule has 5 heteroatoms. The predicted molar refractivity (Wildman–Crippen MR) is 104 cm³/mol. The van der Waals surface area contributed by atoms with E-state index in [4.69, 9.17) is 0 Å². The van der Waals surface area contributed by atoms with Gasteiger partial charge < -0.3 is 10.6 Å². The van der Waals surface area contributed by atoms with Crippen LogP contribution in [0.3, 0.4) is 0 Å². The molecule has 1 aliphatic heterocycles. The number of benzene rings is 2. The molecule has 0 spiro atoms. The fourth-order valence-electron chi connectivity index (χ4n) is 3.16. The molecule has 2 N–H and O–H groups in total. The molecule has 5 nitrogen and oxygen atoms in total. The Bertz CT molecular complexity index is 736. The molecular weight excluding hydrogens is 326 g/mol. The van der Waals surface area contributed by atoms with Crippen molar-refractivity contribution < 1.29 is 9.59 Å². The number of hydrogen-bond acceptors (Lipinski definition) is 3. The van der Waals surface area contributed by atoms with E-state index in [0.717, 1.165) is 37.3 Å². The monoisotopic (exact) mass is 351 g/mol. The lowest BCUT2D eigenvalue weighted by molar-refractivity contribution is -0.121. The smallest absolute Gasteiger partial charge is 0.238 e. The third kappa shape index (κ3) is 5.17. The normalized spacial score (nSPS) is 15.4. The molecule has 1 saturated heterocycles. The summed E-state index contributed by atoms with van der Waals surface area (Å²) >= 11 is 0. The van der Waals surface area contributed by atoms with Crippen molar-refractivity contribution in [3.05, 3.63) is 60.2 Å². The maximum absolute atomic E-state index is 12.4. The van der Waals surface area contributed by atoms with Crippen LogP contribution in [-0.4, -0.2) is 36.3 Å². The van der Waals surface area contributed by atoms with Crippen molar-refractivity contribution in [2.75, 3.05) is 30.3 Å². The van der Waals surface area contributed by atoms with Crippen LogP contribution in [0, 0.1) is 12.8 Å². The van der Waals surface area contributed by atoms with Gasteiger partial charge in [-0.1, -0.05) is 35.9 Å². The Labute approximate surface area is 154 Å². The standard InChI is InChI=1S/C21H25N3O2/c1-16-7-9-19(10-8-16)22-20(25)15-24-13-11-17(12-14-24)21(26)23-18-5-3-2-4-6-18/h2-10,17H,11-15H2,1H3,(H,22,25)(H,23,26). The summed E-state index contributed by atoms with van der Waals surface area (Å²) in [6.45, 7) is 3.90. The number of nitrogens with zero attached hydrogens (tertiary/aromatic N) is 1. The van der Waals surface area contributed by atoms with Gasteiger partial charge in [-0.05, 0) is 57.1 Å². The maximum atomic E-state index is 12.4. The van der Waals surface area contributed by atoms with Crippen LogP contribution in [0.25, 0.3) is 0 Å². The lowest BCUT2D eigenvalue weighted by Crippen LogP contribution is -2.41. The number of aryl methyl sites for hydroxylation is 1. The number of piperidine rings is 1. The largest absolute Gasteiger partial charge is 0.326 e. The van der Waals surface area contributed by atoms with Crippen molar-refractivity contribution in [1.29, 1.82) is 0 Å². The molecule has 0 atom stereocenters. The number of para-hydroxylation sites is 1. The van der Waals surface area contributed by atoms with E-state index in [2.05, 4.69) is 15.5 Å². The van der Waals surface area contributed by atoms with Crippen molar-refractivity contribution in [2.45, 2.75) is 19.8 Å². The van der Waals surface area contributed by atoms with Crippen LogP contribution in [0.4, 0.5) is 11.4 Å². The van der Waals surface area contributed by atoms with E-state index in [1.54, 1.807) is 0 Å². The number of carbonyl (C=O) groups is 2. The van der Waals surface area contributed by atoms with E-state index in [9.17, 15) is 9.59 Å². The molecule has 136 valence electrons. The zero-order valence-electron chi connectivity index (χ0n) is 15.1. The van der Waals surface area contributed by atoms with Crippen LogP contribution in [0.5, 0.6) is 0 Å². The summed E-state index contributed by atoms with van der Waals surface area (Å²) in [6, 6.07) is 17.3. The molecule has 1 aliphatic rings. The van der Waals surface area contributed by atoms with Crippen molar-refractivity contribution in [2.24, 2.45) is 5.92 Å². The summed E-state index contributed by atoms with van der Waals surface area (Å²) in [5, 5.41) is 5.89. The molecule has 0 aromatic heterocycles.